The number of rotatable bonds is 5. The summed E-state index contributed by atoms with van der Waals surface area (Å²) in [5.41, 5.74) is 4.45. The van der Waals surface area contributed by atoms with Crippen LogP contribution in [0.1, 0.15) is 11.1 Å². The number of hydrogen-bond acceptors (Lipinski definition) is 4. The Hall–Kier alpha value is -2.96. The van der Waals surface area contributed by atoms with Crippen LogP contribution in [0.3, 0.4) is 0 Å². The molecule has 2 amide bonds. The lowest BCUT2D eigenvalue weighted by Gasteiger charge is -2.04. The highest BCUT2D eigenvalue weighted by Gasteiger charge is 2.09. The van der Waals surface area contributed by atoms with Gasteiger partial charge in [0.1, 0.15) is 0 Å². The van der Waals surface area contributed by atoms with Crippen LogP contribution in [0.4, 0.5) is 14.9 Å². The maximum atomic E-state index is 12.0. The van der Waals surface area contributed by atoms with Crippen LogP contribution in [-0.2, 0) is 6.42 Å². The maximum Gasteiger partial charge on any atom is 0.326 e. The molecule has 4 rings (SSSR count). The summed E-state index contributed by atoms with van der Waals surface area (Å²) in [6, 6.07) is 22.3. The molecule has 6 heteroatoms. The lowest BCUT2D eigenvalue weighted by atomic mass is 10.0. The zero-order chi connectivity index (χ0) is 18.5. The molecule has 2 heterocycles. The highest BCUT2D eigenvalue weighted by Crippen LogP contribution is 2.26. The molecule has 4 aromatic rings. The van der Waals surface area contributed by atoms with Gasteiger partial charge >= 0.3 is 6.03 Å². The largest absolute Gasteiger partial charge is 0.326 e. The highest BCUT2D eigenvalue weighted by atomic mass is 32.1. The van der Waals surface area contributed by atoms with E-state index in [9.17, 15) is 4.79 Å². The van der Waals surface area contributed by atoms with Gasteiger partial charge in [-0.25, -0.2) is 9.78 Å². The normalized spacial score (nSPS) is 10.5. The van der Waals surface area contributed by atoms with Gasteiger partial charge in [-0.1, -0.05) is 54.6 Å². The van der Waals surface area contributed by atoms with Crippen molar-refractivity contribution in [1.29, 1.82) is 0 Å². The first-order valence-corrected chi connectivity index (χ1v) is 10.2. The Morgan fingerprint density at radius 1 is 0.852 bits per heavy atom. The summed E-state index contributed by atoms with van der Waals surface area (Å²) in [6.07, 6.45) is 0.911. The molecule has 27 heavy (non-hydrogen) atoms. The van der Waals surface area contributed by atoms with Crippen molar-refractivity contribution in [3.05, 3.63) is 88.6 Å². The molecule has 134 valence electrons. The summed E-state index contributed by atoms with van der Waals surface area (Å²) in [5.74, 6) is 0. The van der Waals surface area contributed by atoms with Crippen molar-refractivity contribution in [2.24, 2.45) is 0 Å². The number of amides is 2. The van der Waals surface area contributed by atoms with Crippen molar-refractivity contribution in [3.63, 3.8) is 0 Å². The molecule has 2 aromatic carbocycles. The number of nitrogens with zero attached hydrogens (tertiary/aromatic N) is 1. The zero-order valence-electron chi connectivity index (χ0n) is 14.4. The van der Waals surface area contributed by atoms with Crippen LogP contribution < -0.4 is 10.6 Å². The minimum Gasteiger partial charge on any atom is -0.299 e. The Bertz CT molecular complexity index is 1010. The van der Waals surface area contributed by atoms with Gasteiger partial charge in [-0.3, -0.25) is 10.6 Å². The maximum absolute atomic E-state index is 12.0. The number of urea groups is 1. The van der Waals surface area contributed by atoms with E-state index in [-0.39, 0.29) is 6.03 Å². The predicted molar refractivity (Wildman–Crippen MR) is 114 cm³/mol. The quantitative estimate of drug-likeness (QED) is 0.431. The highest BCUT2D eigenvalue weighted by molar-refractivity contribution is 7.14. The molecule has 0 aliphatic carbocycles. The molecule has 0 atom stereocenters. The second-order valence-corrected chi connectivity index (χ2v) is 7.76. The Morgan fingerprint density at radius 2 is 1.63 bits per heavy atom. The van der Waals surface area contributed by atoms with E-state index in [2.05, 4.69) is 64.1 Å². The Kier molecular flexibility index (Phi) is 5.27. The molecule has 0 aliphatic rings. The van der Waals surface area contributed by atoms with E-state index < -0.39 is 0 Å². The average Bonchev–Trinajstić information content (AvgIpc) is 3.35. The number of benzene rings is 2. The van der Waals surface area contributed by atoms with E-state index in [1.165, 1.54) is 33.8 Å². The number of carbonyl (C=O) groups is 1. The van der Waals surface area contributed by atoms with Crippen molar-refractivity contribution in [1.82, 2.24) is 4.98 Å². The van der Waals surface area contributed by atoms with Crippen LogP contribution in [0.25, 0.3) is 11.3 Å². The van der Waals surface area contributed by atoms with E-state index in [0.29, 0.717) is 5.13 Å². The van der Waals surface area contributed by atoms with Crippen molar-refractivity contribution >= 4 is 38.8 Å². The fourth-order valence-corrected chi connectivity index (χ4v) is 4.01. The molecule has 0 bridgehead atoms. The number of thiophene rings is 1. The van der Waals surface area contributed by atoms with E-state index in [1.807, 2.05) is 29.0 Å². The lowest BCUT2D eigenvalue weighted by molar-refractivity contribution is 0.262. The fraction of sp³-hybridized carbons (Fsp3) is 0.0476. The molecule has 0 radical (unpaired) electrons. The monoisotopic (exact) mass is 391 g/mol. The number of thiazole rings is 1. The Labute approximate surface area is 165 Å². The number of hydrogen-bond donors (Lipinski definition) is 2. The Balaban J connectivity index is 1.40. The SMILES string of the molecule is O=C(Nc1cccs1)Nc1nc(-c2ccc(Cc3ccccc3)cc2)cs1. The summed E-state index contributed by atoms with van der Waals surface area (Å²) in [5, 5.41) is 10.8. The standard InChI is InChI=1S/C21H17N3OS2/c25-20(23-19-7-4-12-26-19)24-21-22-18(14-27-21)17-10-8-16(9-11-17)13-15-5-2-1-3-6-15/h1-12,14H,13H2,(H2,22,23,24,25). The third-order valence-electron chi connectivity index (χ3n) is 3.98. The second-order valence-electron chi connectivity index (χ2n) is 5.95. The molecule has 2 N–H and O–H groups in total. The van der Waals surface area contributed by atoms with Gasteiger partial charge in [-0.05, 0) is 35.1 Å². The van der Waals surface area contributed by atoms with Crippen molar-refractivity contribution in [2.75, 3.05) is 10.6 Å². The summed E-state index contributed by atoms with van der Waals surface area (Å²) in [6.45, 7) is 0. The smallest absolute Gasteiger partial charge is 0.299 e. The van der Waals surface area contributed by atoms with Crippen LogP contribution in [0.5, 0.6) is 0 Å². The van der Waals surface area contributed by atoms with Crippen molar-refractivity contribution in [3.8, 4) is 11.3 Å². The third kappa shape index (κ3) is 4.61. The number of anilines is 2. The van der Waals surface area contributed by atoms with Crippen molar-refractivity contribution < 1.29 is 4.79 Å². The summed E-state index contributed by atoms with van der Waals surface area (Å²) < 4.78 is 0. The molecule has 0 aliphatic heterocycles. The molecular weight excluding hydrogens is 374 g/mol. The van der Waals surface area contributed by atoms with Gasteiger partial charge < -0.3 is 0 Å². The number of aromatic nitrogens is 1. The van der Waals surface area contributed by atoms with Gasteiger partial charge in [-0.2, -0.15) is 0 Å². The van der Waals surface area contributed by atoms with Crippen LogP contribution in [0, 0.1) is 0 Å². The molecule has 2 aromatic heterocycles. The van der Waals surface area contributed by atoms with Crippen LogP contribution in [0.2, 0.25) is 0 Å². The van der Waals surface area contributed by atoms with Gasteiger partial charge in [0.25, 0.3) is 0 Å². The summed E-state index contributed by atoms with van der Waals surface area (Å²) >= 11 is 2.89. The van der Waals surface area contributed by atoms with E-state index >= 15 is 0 Å². The predicted octanol–water partition coefficient (Wildman–Crippen LogP) is 6.11. The van der Waals surface area contributed by atoms with E-state index in [1.54, 1.807) is 0 Å². The zero-order valence-corrected chi connectivity index (χ0v) is 16.0. The van der Waals surface area contributed by atoms with E-state index in [4.69, 9.17) is 0 Å². The van der Waals surface area contributed by atoms with Crippen LogP contribution >= 0.6 is 22.7 Å². The van der Waals surface area contributed by atoms with Gasteiger partial charge in [0.15, 0.2) is 5.13 Å². The lowest BCUT2D eigenvalue weighted by Crippen LogP contribution is -2.18. The molecule has 4 nitrogen and oxygen atoms in total. The number of carbonyl (C=O) groups excluding carboxylic acids is 1. The summed E-state index contributed by atoms with van der Waals surface area (Å²) in [4.78, 5) is 16.5. The average molecular weight is 392 g/mol. The topological polar surface area (TPSA) is 54.0 Å². The second kappa shape index (κ2) is 8.16. The fourth-order valence-electron chi connectivity index (χ4n) is 2.68. The minimum absolute atomic E-state index is 0.281. The molecular formula is C21H17N3OS2. The van der Waals surface area contributed by atoms with Crippen molar-refractivity contribution in [2.45, 2.75) is 6.42 Å². The van der Waals surface area contributed by atoms with Gasteiger partial charge in [-0.15, -0.1) is 22.7 Å². The third-order valence-corrected chi connectivity index (χ3v) is 5.53. The number of nitrogens with one attached hydrogen (secondary N) is 2. The van der Waals surface area contributed by atoms with E-state index in [0.717, 1.165) is 22.7 Å². The first-order valence-electron chi connectivity index (χ1n) is 8.46. The van der Waals surface area contributed by atoms with Crippen LogP contribution in [-0.4, -0.2) is 11.0 Å². The van der Waals surface area contributed by atoms with Gasteiger partial charge in [0.2, 0.25) is 0 Å². The van der Waals surface area contributed by atoms with Gasteiger partial charge in [0.05, 0.1) is 10.7 Å². The molecule has 0 saturated carbocycles. The Morgan fingerprint density at radius 3 is 2.37 bits per heavy atom. The van der Waals surface area contributed by atoms with Crippen LogP contribution in [0.15, 0.2) is 77.5 Å². The molecule has 0 fully saturated rings. The first-order chi connectivity index (χ1) is 13.3. The minimum atomic E-state index is -0.281. The first kappa shape index (κ1) is 17.5. The van der Waals surface area contributed by atoms with Gasteiger partial charge in [0, 0.05) is 10.9 Å². The summed E-state index contributed by atoms with van der Waals surface area (Å²) in [7, 11) is 0. The molecule has 0 unspecified atom stereocenters. The molecule has 0 spiro atoms. The molecule has 0 saturated heterocycles.